The number of aliphatic hydroxyl groups is 1. The van der Waals surface area contributed by atoms with E-state index in [0.717, 1.165) is 0 Å². The summed E-state index contributed by atoms with van der Waals surface area (Å²) < 4.78 is 0. The lowest BCUT2D eigenvalue weighted by Gasteiger charge is -2.29. The molecule has 1 fully saturated rings. The van der Waals surface area contributed by atoms with E-state index in [1.807, 2.05) is 0 Å². The average Bonchev–Trinajstić information content (AvgIpc) is 2.32. The number of carbonyl (C=O) groups excluding carboxylic acids is 1. The van der Waals surface area contributed by atoms with Gasteiger partial charge in [0.2, 0.25) is 0 Å². The number of amides is 1. The molecule has 1 aromatic heterocycles. The summed E-state index contributed by atoms with van der Waals surface area (Å²) in [5.41, 5.74) is 0.176. The van der Waals surface area contributed by atoms with E-state index in [-0.39, 0.29) is 22.9 Å². The Kier molecular flexibility index (Phi) is 3.86. The zero-order valence-electron chi connectivity index (χ0n) is 9.07. The molecule has 4 nitrogen and oxygen atoms in total. The Morgan fingerprint density at radius 3 is 2.65 bits per heavy atom. The second-order valence-corrected chi connectivity index (χ2v) is 4.78. The Balaban J connectivity index is 2.16. The van der Waals surface area contributed by atoms with Crippen molar-refractivity contribution in [3.63, 3.8) is 0 Å². The largest absolute Gasteiger partial charge is 0.393 e. The van der Waals surface area contributed by atoms with E-state index in [1.165, 1.54) is 0 Å². The van der Waals surface area contributed by atoms with Crippen molar-refractivity contribution in [3.05, 3.63) is 28.0 Å². The fourth-order valence-corrected chi connectivity index (χ4v) is 2.12. The summed E-state index contributed by atoms with van der Waals surface area (Å²) in [5.74, 6) is -0.232. The lowest BCUT2D eigenvalue weighted by atomic mass is 10.1. The predicted molar refractivity (Wildman–Crippen MR) is 65.4 cm³/mol. The number of halogens is 2. The zero-order valence-corrected chi connectivity index (χ0v) is 10.6. The highest BCUT2D eigenvalue weighted by Crippen LogP contribution is 2.20. The number of likely N-dealkylation sites (tertiary alicyclic amines) is 1. The fraction of sp³-hybridized carbons (Fsp3) is 0.455. The summed E-state index contributed by atoms with van der Waals surface area (Å²) in [6.07, 6.45) is 0.857. The Hall–Kier alpha value is -0.840. The normalized spacial score (nSPS) is 17.2. The molecule has 1 aromatic rings. The fourth-order valence-electron chi connectivity index (χ4n) is 1.79. The monoisotopic (exact) mass is 274 g/mol. The van der Waals surface area contributed by atoms with Crippen LogP contribution in [0.25, 0.3) is 0 Å². The van der Waals surface area contributed by atoms with E-state index in [1.54, 1.807) is 17.0 Å². The summed E-state index contributed by atoms with van der Waals surface area (Å²) in [7, 11) is 0. The molecule has 0 aromatic carbocycles. The Bertz CT molecular complexity index is 431. The quantitative estimate of drug-likeness (QED) is 0.797. The number of aromatic nitrogens is 1. The Morgan fingerprint density at radius 2 is 2.00 bits per heavy atom. The SMILES string of the molecule is O=C(c1nc(Cl)ccc1Cl)N1CCC(O)CC1. The molecule has 1 saturated heterocycles. The molecule has 6 heteroatoms. The molecule has 0 aliphatic carbocycles. The average molecular weight is 275 g/mol. The molecule has 0 spiro atoms. The van der Waals surface area contributed by atoms with E-state index in [0.29, 0.717) is 31.0 Å². The third-order valence-corrected chi connectivity index (χ3v) is 3.28. The van der Waals surface area contributed by atoms with E-state index in [2.05, 4.69) is 4.98 Å². The molecule has 0 saturated carbocycles. The molecular formula is C11H12Cl2N2O2. The van der Waals surface area contributed by atoms with Crippen LogP contribution < -0.4 is 0 Å². The van der Waals surface area contributed by atoms with Crippen LogP contribution in [-0.2, 0) is 0 Å². The maximum atomic E-state index is 12.1. The molecular weight excluding hydrogens is 263 g/mol. The summed E-state index contributed by atoms with van der Waals surface area (Å²) in [4.78, 5) is 17.7. The standard InChI is InChI=1S/C11H12Cl2N2O2/c12-8-1-2-9(13)14-10(8)11(17)15-5-3-7(16)4-6-15/h1-2,7,16H,3-6H2. The molecule has 0 bridgehead atoms. The van der Waals surface area contributed by atoms with E-state index in [9.17, 15) is 9.90 Å². The lowest BCUT2D eigenvalue weighted by Crippen LogP contribution is -2.40. The molecule has 2 heterocycles. The Labute approximate surface area is 109 Å². The zero-order chi connectivity index (χ0) is 12.4. The second-order valence-electron chi connectivity index (χ2n) is 3.99. The molecule has 1 N–H and O–H groups in total. The van der Waals surface area contributed by atoms with Crippen LogP contribution in [-0.4, -0.2) is 40.1 Å². The van der Waals surface area contributed by atoms with Gasteiger partial charge in [0.15, 0.2) is 0 Å². The van der Waals surface area contributed by atoms with Crippen LogP contribution in [0.1, 0.15) is 23.3 Å². The van der Waals surface area contributed by atoms with E-state index < -0.39 is 0 Å². The summed E-state index contributed by atoms with van der Waals surface area (Å²) in [6, 6.07) is 3.10. The molecule has 92 valence electrons. The van der Waals surface area contributed by atoms with E-state index in [4.69, 9.17) is 23.2 Å². The highest BCUT2D eigenvalue weighted by atomic mass is 35.5. The number of pyridine rings is 1. The van der Waals surface area contributed by atoms with Crippen molar-refractivity contribution in [1.82, 2.24) is 9.88 Å². The smallest absolute Gasteiger partial charge is 0.274 e. The van der Waals surface area contributed by atoms with Gasteiger partial charge in [-0.25, -0.2) is 4.98 Å². The number of rotatable bonds is 1. The van der Waals surface area contributed by atoms with Gasteiger partial charge in [-0.05, 0) is 25.0 Å². The van der Waals surface area contributed by atoms with Crippen LogP contribution in [0.4, 0.5) is 0 Å². The first-order valence-electron chi connectivity index (χ1n) is 5.37. The minimum Gasteiger partial charge on any atom is -0.393 e. The van der Waals surface area contributed by atoms with Crippen LogP contribution in [0.3, 0.4) is 0 Å². The van der Waals surface area contributed by atoms with Crippen molar-refractivity contribution in [1.29, 1.82) is 0 Å². The van der Waals surface area contributed by atoms with Gasteiger partial charge in [0.1, 0.15) is 10.8 Å². The first kappa shape index (κ1) is 12.6. The first-order valence-corrected chi connectivity index (χ1v) is 6.13. The van der Waals surface area contributed by atoms with Gasteiger partial charge in [-0.2, -0.15) is 0 Å². The number of carbonyl (C=O) groups is 1. The summed E-state index contributed by atoms with van der Waals surface area (Å²) in [5, 5.41) is 9.92. The predicted octanol–water partition coefficient (Wildman–Crippen LogP) is 1.99. The minimum atomic E-state index is -0.318. The molecule has 0 radical (unpaired) electrons. The van der Waals surface area contributed by atoms with Crippen LogP contribution >= 0.6 is 23.2 Å². The van der Waals surface area contributed by atoms with Gasteiger partial charge in [-0.15, -0.1) is 0 Å². The van der Waals surface area contributed by atoms with Crippen molar-refractivity contribution >= 4 is 29.1 Å². The molecule has 0 unspecified atom stereocenters. The molecule has 17 heavy (non-hydrogen) atoms. The van der Waals surface area contributed by atoms with Gasteiger partial charge in [-0.3, -0.25) is 4.79 Å². The highest BCUT2D eigenvalue weighted by molar-refractivity contribution is 6.34. The first-order chi connectivity index (χ1) is 8.08. The number of hydrogen-bond acceptors (Lipinski definition) is 3. The number of nitrogens with zero attached hydrogens (tertiary/aromatic N) is 2. The highest BCUT2D eigenvalue weighted by Gasteiger charge is 2.24. The van der Waals surface area contributed by atoms with Gasteiger partial charge in [0, 0.05) is 13.1 Å². The van der Waals surface area contributed by atoms with Gasteiger partial charge in [0.25, 0.3) is 5.91 Å². The molecule has 0 atom stereocenters. The number of piperidine rings is 1. The third kappa shape index (κ3) is 2.89. The number of aliphatic hydroxyl groups excluding tert-OH is 1. The van der Waals surface area contributed by atoms with E-state index >= 15 is 0 Å². The van der Waals surface area contributed by atoms with Crippen molar-refractivity contribution in [2.24, 2.45) is 0 Å². The number of hydrogen-bond donors (Lipinski definition) is 1. The van der Waals surface area contributed by atoms with Crippen LogP contribution in [0.2, 0.25) is 10.2 Å². The minimum absolute atomic E-state index is 0.176. The Morgan fingerprint density at radius 1 is 1.35 bits per heavy atom. The van der Waals surface area contributed by atoms with Gasteiger partial charge in [0.05, 0.1) is 11.1 Å². The van der Waals surface area contributed by atoms with Crippen molar-refractivity contribution in [2.45, 2.75) is 18.9 Å². The van der Waals surface area contributed by atoms with Crippen molar-refractivity contribution in [3.8, 4) is 0 Å². The van der Waals surface area contributed by atoms with Crippen LogP contribution in [0, 0.1) is 0 Å². The molecule has 1 amide bonds. The van der Waals surface area contributed by atoms with Gasteiger partial charge in [-0.1, -0.05) is 23.2 Å². The third-order valence-electron chi connectivity index (χ3n) is 2.77. The van der Waals surface area contributed by atoms with Crippen LogP contribution in [0.5, 0.6) is 0 Å². The molecule has 1 aliphatic heterocycles. The molecule has 1 aliphatic rings. The topological polar surface area (TPSA) is 53.4 Å². The maximum absolute atomic E-state index is 12.1. The molecule has 2 rings (SSSR count). The van der Waals surface area contributed by atoms with Gasteiger partial charge < -0.3 is 10.0 Å². The lowest BCUT2D eigenvalue weighted by molar-refractivity contribution is 0.0542. The maximum Gasteiger partial charge on any atom is 0.274 e. The summed E-state index contributed by atoms with van der Waals surface area (Å²) >= 11 is 11.7. The second kappa shape index (κ2) is 5.21. The van der Waals surface area contributed by atoms with Crippen molar-refractivity contribution in [2.75, 3.05) is 13.1 Å². The van der Waals surface area contributed by atoms with Crippen molar-refractivity contribution < 1.29 is 9.90 Å². The summed E-state index contributed by atoms with van der Waals surface area (Å²) in [6.45, 7) is 1.04. The van der Waals surface area contributed by atoms with Gasteiger partial charge >= 0.3 is 0 Å². The van der Waals surface area contributed by atoms with Crippen LogP contribution in [0.15, 0.2) is 12.1 Å².